The quantitative estimate of drug-likeness (QED) is 0.866. The standard InChI is InChI=1S/C12H13BrFNO4/c1-12(2,3)19-11(18)15-8-5-6(14)4-7(13)9(8)10(16)17/h4-5H,1-3H3,(H,15,18)(H,16,17). The summed E-state index contributed by atoms with van der Waals surface area (Å²) in [6.07, 6.45) is -0.854. The van der Waals surface area contributed by atoms with Crippen molar-refractivity contribution in [2.24, 2.45) is 0 Å². The van der Waals surface area contributed by atoms with Gasteiger partial charge in [-0.25, -0.2) is 14.0 Å². The summed E-state index contributed by atoms with van der Waals surface area (Å²) in [7, 11) is 0. The number of carboxylic acid groups (broad SMARTS) is 1. The third-order valence-electron chi connectivity index (χ3n) is 1.90. The van der Waals surface area contributed by atoms with E-state index in [4.69, 9.17) is 9.84 Å². The lowest BCUT2D eigenvalue weighted by atomic mass is 10.1. The van der Waals surface area contributed by atoms with Crippen LogP contribution in [-0.2, 0) is 4.74 Å². The molecule has 7 heteroatoms. The maximum Gasteiger partial charge on any atom is 0.412 e. The first kappa shape index (κ1) is 15.4. The molecule has 1 aromatic carbocycles. The van der Waals surface area contributed by atoms with Gasteiger partial charge in [-0.3, -0.25) is 5.32 Å². The van der Waals surface area contributed by atoms with Crippen LogP contribution in [-0.4, -0.2) is 22.8 Å². The molecule has 1 aromatic rings. The molecule has 1 amide bonds. The summed E-state index contributed by atoms with van der Waals surface area (Å²) < 4.78 is 18.3. The number of anilines is 1. The minimum atomic E-state index is -1.29. The van der Waals surface area contributed by atoms with Gasteiger partial charge in [0, 0.05) is 4.47 Å². The van der Waals surface area contributed by atoms with Crippen molar-refractivity contribution in [3.05, 3.63) is 28.0 Å². The molecule has 0 spiro atoms. The third-order valence-corrected chi connectivity index (χ3v) is 2.53. The monoisotopic (exact) mass is 333 g/mol. The number of ether oxygens (including phenoxy) is 1. The largest absolute Gasteiger partial charge is 0.478 e. The molecule has 0 aromatic heterocycles. The Labute approximate surface area is 117 Å². The first-order valence-corrected chi connectivity index (χ1v) is 6.12. The Balaban J connectivity index is 3.07. The molecule has 104 valence electrons. The lowest BCUT2D eigenvalue weighted by molar-refractivity contribution is 0.0636. The highest BCUT2D eigenvalue weighted by Crippen LogP contribution is 2.27. The normalized spacial score (nSPS) is 11.0. The Hall–Kier alpha value is -1.63. The number of amides is 1. The SMILES string of the molecule is CC(C)(C)OC(=O)Nc1cc(F)cc(Br)c1C(=O)O. The van der Waals surface area contributed by atoms with Gasteiger partial charge in [-0.2, -0.15) is 0 Å². The van der Waals surface area contributed by atoms with Gasteiger partial charge < -0.3 is 9.84 Å². The molecule has 19 heavy (non-hydrogen) atoms. The van der Waals surface area contributed by atoms with E-state index in [2.05, 4.69) is 21.2 Å². The number of hydrogen-bond acceptors (Lipinski definition) is 3. The second-order valence-electron chi connectivity index (χ2n) is 4.74. The van der Waals surface area contributed by atoms with E-state index in [0.29, 0.717) is 0 Å². The molecule has 0 saturated carbocycles. The van der Waals surface area contributed by atoms with Crippen LogP contribution in [0.15, 0.2) is 16.6 Å². The van der Waals surface area contributed by atoms with Gasteiger partial charge in [0.25, 0.3) is 0 Å². The van der Waals surface area contributed by atoms with E-state index in [1.807, 2.05) is 0 Å². The zero-order chi connectivity index (χ0) is 14.8. The third kappa shape index (κ3) is 4.51. The van der Waals surface area contributed by atoms with Crippen molar-refractivity contribution in [3.8, 4) is 0 Å². The van der Waals surface area contributed by atoms with Crippen molar-refractivity contribution in [2.75, 3.05) is 5.32 Å². The molecule has 0 aliphatic carbocycles. The number of carboxylic acids is 1. The zero-order valence-electron chi connectivity index (χ0n) is 10.6. The molecule has 0 atom stereocenters. The van der Waals surface area contributed by atoms with Crippen molar-refractivity contribution in [3.63, 3.8) is 0 Å². The van der Waals surface area contributed by atoms with Gasteiger partial charge in [0.2, 0.25) is 0 Å². The number of hydrogen-bond donors (Lipinski definition) is 2. The Kier molecular flexibility index (Phi) is 4.52. The van der Waals surface area contributed by atoms with E-state index in [1.54, 1.807) is 20.8 Å². The van der Waals surface area contributed by atoms with E-state index in [0.717, 1.165) is 12.1 Å². The Bertz CT molecular complexity index is 525. The van der Waals surface area contributed by atoms with Crippen molar-refractivity contribution < 1.29 is 23.8 Å². The van der Waals surface area contributed by atoms with Crippen LogP contribution in [0.3, 0.4) is 0 Å². The van der Waals surface area contributed by atoms with Crippen LogP contribution in [0.4, 0.5) is 14.9 Å². The maximum atomic E-state index is 13.2. The number of benzene rings is 1. The first-order chi connectivity index (χ1) is 8.60. The summed E-state index contributed by atoms with van der Waals surface area (Å²) in [5.74, 6) is -1.97. The van der Waals surface area contributed by atoms with E-state index in [9.17, 15) is 14.0 Å². The number of nitrogens with one attached hydrogen (secondary N) is 1. The summed E-state index contributed by atoms with van der Waals surface area (Å²) in [6, 6.07) is 1.92. The summed E-state index contributed by atoms with van der Waals surface area (Å²) in [5, 5.41) is 11.3. The van der Waals surface area contributed by atoms with Gasteiger partial charge in [0.1, 0.15) is 11.4 Å². The van der Waals surface area contributed by atoms with Crippen molar-refractivity contribution in [1.29, 1.82) is 0 Å². The lowest BCUT2D eigenvalue weighted by Gasteiger charge is -2.20. The van der Waals surface area contributed by atoms with Crippen LogP contribution < -0.4 is 5.32 Å². The maximum absolute atomic E-state index is 13.2. The average molecular weight is 334 g/mol. The molecule has 0 bridgehead atoms. The number of rotatable bonds is 2. The fourth-order valence-electron chi connectivity index (χ4n) is 1.30. The minimum Gasteiger partial charge on any atom is -0.478 e. The number of aromatic carboxylic acids is 1. The summed E-state index contributed by atoms with van der Waals surface area (Å²) >= 11 is 2.94. The lowest BCUT2D eigenvalue weighted by Crippen LogP contribution is -2.27. The van der Waals surface area contributed by atoms with Crippen molar-refractivity contribution >= 4 is 33.7 Å². The van der Waals surface area contributed by atoms with Gasteiger partial charge >= 0.3 is 12.1 Å². The highest BCUT2D eigenvalue weighted by atomic mass is 79.9. The van der Waals surface area contributed by atoms with Crippen LogP contribution in [0, 0.1) is 5.82 Å². The molecule has 0 unspecified atom stereocenters. The molecule has 1 rings (SSSR count). The second kappa shape index (κ2) is 5.56. The summed E-state index contributed by atoms with van der Waals surface area (Å²) in [6.45, 7) is 4.98. The summed E-state index contributed by atoms with van der Waals surface area (Å²) in [5.41, 5.74) is -1.15. The molecule has 0 saturated heterocycles. The highest BCUT2D eigenvalue weighted by Gasteiger charge is 2.21. The molecule has 0 radical (unpaired) electrons. The Morgan fingerprint density at radius 1 is 1.37 bits per heavy atom. The minimum absolute atomic E-state index is 0.0334. The van der Waals surface area contributed by atoms with Crippen LogP contribution >= 0.6 is 15.9 Å². The number of carbonyl (C=O) groups excluding carboxylic acids is 1. The second-order valence-corrected chi connectivity index (χ2v) is 5.60. The van der Waals surface area contributed by atoms with Gasteiger partial charge in [-0.15, -0.1) is 0 Å². The Morgan fingerprint density at radius 3 is 2.42 bits per heavy atom. The smallest absolute Gasteiger partial charge is 0.412 e. The number of carbonyl (C=O) groups is 2. The highest BCUT2D eigenvalue weighted by molar-refractivity contribution is 9.10. The van der Waals surface area contributed by atoms with E-state index in [1.165, 1.54) is 0 Å². The van der Waals surface area contributed by atoms with Crippen molar-refractivity contribution in [2.45, 2.75) is 26.4 Å². The molecule has 0 heterocycles. The molecule has 0 fully saturated rings. The molecular weight excluding hydrogens is 321 g/mol. The molecule has 0 aliphatic rings. The number of halogens is 2. The topological polar surface area (TPSA) is 75.6 Å². The Morgan fingerprint density at radius 2 is 1.95 bits per heavy atom. The average Bonchev–Trinajstić information content (AvgIpc) is 2.10. The van der Waals surface area contributed by atoms with Gasteiger partial charge in [-0.1, -0.05) is 0 Å². The van der Waals surface area contributed by atoms with Gasteiger partial charge in [0.15, 0.2) is 0 Å². The molecule has 5 nitrogen and oxygen atoms in total. The van der Waals surface area contributed by atoms with Crippen LogP contribution in [0.1, 0.15) is 31.1 Å². The molecule has 2 N–H and O–H groups in total. The zero-order valence-corrected chi connectivity index (χ0v) is 12.2. The van der Waals surface area contributed by atoms with Crippen molar-refractivity contribution in [1.82, 2.24) is 0 Å². The van der Waals surface area contributed by atoms with Crippen LogP contribution in [0.5, 0.6) is 0 Å². The first-order valence-electron chi connectivity index (χ1n) is 5.32. The van der Waals surface area contributed by atoms with Crippen LogP contribution in [0.25, 0.3) is 0 Å². The molecular formula is C12H13BrFNO4. The van der Waals surface area contributed by atoms with E-state index >= 15 is 0 Å². The van der Waals surface area contributed by atoms with Gasteiger partial charge in [-0.05, 0) is 48.8 Å². The summed E-state index contributed by atoms with van der Waals surface area (Å²) in [4.78, 5) is 22.6. The van der Waals surface area contributed by atoms with Gasteiger partial charge in [0.05, 0.1) is 11.3 Å². The predicted molar refractivity (Wildman–Crippen MR) is 70.9 cm³/mol. The fraction of sp³-hybridized carbons (Fsp3) is 0.333. The van der Waals surface area contributed by atoms with Crippen LogP contribution in [0.2, 0.25) is 0 Å². The fourth-order valence-corrected chi connectivity index (χ4v) is 1.90. The molecule has 0 aliphatic heterocycles. The van der Waals surface area contributed by atoms with E-state index in [-0.39, 0.29) is 15.7 Å². The predicted octanol–water partition coefficient (Wildman–Crippen LogP) is 3.63. The van der Waals surface area contributed by atoms with E-state index < -0.39 is 23.5 Å².